The molecule has 134 valence electrons. The van der Waals surface area contributed by atoms with Gasteiger partial charge in [0.2, 0.25) is 0 Å². The van der Waals surface area contributed by atoms with Gasteiger partial charge < -0.3 is 14.9 Å². The molecule has 0 aliphatic heterocycles. The number of oxime groups is 1. The predicted octanol–water partition coefficient (Wildman–Crippen LogP) is 4.17. The molecule has 0 fully saturated rings. The number of aromatic nitrogens is 3. The zero-order valence-corrected chi connectivity index (χ0v) is 14.7. The minimum Gasteiger partial charge on any atom is -0.463 e. The molecule has 3 aromatic heterocycles. The topological polar surface area (TPSA) is 88.0 Å². The molecule has 0 unspecified atom stereocenters. The fourth-order valence-corrected chi connectivity index (χ4v) is 3.60. The van der Waals surface area contributed by atoms with Crippen molar-refractivity contribution < 1.29 is 9.62 Å². The number of nitrogens with zero attached hydrogens (tertiary/aromatic N) is 4. The average molecular weight is 359 g/mol. The summed E-state index contributed by atoms with van der Waals surface area (Å²) in [5.74, 6) is 1.51. The predicted molar refractivity (Wildman–Crippen MR) is 102 cm³/mol. The van der Waals surface area contributed by atoms with E-state index in [9.17, 15) is 0 Å². The number of hydrogen-bond acceptors (Lipinski definition) is 6. The molecule has 2 N–H and O–H groups in total. The minimum atomic E-state index is 0.691. The van der Waals surface area contributed by atoms with E-state index in [-0.39, 0.29) is 0 Å². The molecule has 0 bridgehead atoms. The Morgan fingerprint density at radius 1 is 1.26 bits per heavy atom. The summed E-state index contributed by atoms with van der Waals surface area (Å²) >= 11 is 0. The Hall–Kier alpha value is -3.61. The zero-order valence-electron chi connectivity index (χ0n) is 14.7. The number of benzene rings is 1. The second-order valence-electron chi connectivity index (χ2n) is 6.54. The highest BCUT2D eigenvalue weighted by Crippen LogP contribution is 2.33. The lowest BCUT2D eigenvalue weighted by atomic mass is 10.1. The second kappa shape index (κ2) is 5.98. The van der Waals surface area contributed by atoms with Gasteiger partial charge in [0, 0.05) is 23.6 Å². The highest BCUT2D eigenvalue weighted by atomic mass is 16.4. The summed E-state index contributed by atoms with van der Waals surface area (Å²) in [4.78, 5) is 9.08. The van der Waals surface area contributed by atoms with Gasteiger partial charge in [-0.3, -0.25) is 9.38 Å². The summed E-state index contributed by atoms with van der Waals surface area (Å²) in [7, 11) is 0. The maximum Gasteiger partial charge on any atom is 0.160 e. The lowest BCUT2D eigenvalue weighted by molar-refractivity contribution is 0.318. The van der Waals surface area contributed by atoms with Crippen LogP contribution in [0.25, 0.3) is 17.1 Å². The highest BCUT2D eigenvalue weighted by Gasteiger charge is 2.21. The third-order valence-electron chi connectivity index (χ3n) is 4.90. The molecular formula is C20H17N5O2. The first-order valence-corrected chi connectivity index (χ1v) is 8.73. The summed E-state index contributed by atoms with van der Waals surface area (Å²) in [6.45, 7) is 1.93. The molecule has 4 aromatic rings. The smallest absolute Gasteiger partial charge is 0.160 e. The quantitative estimate of drug-likeness (QED) is 0.423. The van der Waals surface area contributed by atoms with Gasteiger partial charge in [-0.15, -0.1) is 0 Å². The van der Waals surface area contributed by atoms with Crippen LogP contribution in [-0.2, 0) is 6.42 Å². The Morgan fingerprint density at radius 3 is 3.00 bits per heavy atom. The number of aryl methyl sites for hydroxylation is 2. The molecule has 1 aliphatic carbocycles. The lowest BCUT2D eigenvalue weighted by Gasteiger charge is -2.10. The maximum absolute atomic E-state index is 9.12. The van der Waals surface area contributed by atoms with Crippen molar-refractivity contribution in [3.63, 3.8) is 0 Å². The third kappa shape index (κ3) is 2.47. The van der Waals surface area contributed by atoms with Crippen molar-refractivity contribution >= 4 is 22.9 Å². The van der Waals surface area contributed by atoms with Gasteiger partial charge in [0.15, 0.2) is 11.4 Å². The largest absolute Gasteiger partial charge is 0.463 e. The van der Waals surface area contributed by atoms with Gasteiger partial charge in [0.25, 0.3) is 0 Å². The maximum atomic E-state index is 9.12. The van der Waals surface area contributed by atoms with E-state index in [0.717, 1.165) is 52.7 Å². The van der Waals surface area contributed by atoms with Crippen LogP contribution in [0.5, 0.6) is 0 Å². The van der Waals surface area contributed by atoms with E-state index in [2.05, 4.69) is 21.5 Å². The molecule has 5 rings (SSSR count). The number of furan rings is 1. The Balaban J connectivity index is 1.63. The van der Waals surface area contributed by atoms with E-state index in [1.807, 2.05) is 41.8 Å². The van der Waals surface area contributed by atoms with Crippen molar-refractivity contribution in [3.8, 4) is 11.5 Å². The molecular weight excluding hydrogens is 342 g/mol. The van der Waals surface area contributed by atoms with Crippen LogP contribution in [0.2, 0.25) is 0 Å². The molecule has 0 amide bonds. The van der Waals surface area contributed by atoms with Gasteiger partial charge in [-0.2, -0.15) is 0 Å². The number of hydrogen-bond donors (Lipinski definition) is 2. The zero-order chi connectivity index (χ0) is 18.4. The molecule has 7 heteroatoms. The van der Waals surface area contributed by atoms with Crippen LogP contribution >= 0.6 is 0 Å². The van der Waals surface area contributed by atoms with Gasteiger partial charge in [0.05, 0.1) is 17.7 Å². The van der Waals surface area contributed by atoms with Crippen LogP contribution in [-0.4, -0.2) is 25.3 Å². The lowest BCUT2D eigenvalue weighted by Crippen LogP contribution is -1.99. The van der Waals surface area contributed by atoms with Gasteiger partial charge in [-0.1, -0.05) is 11.2 Å². The standard InChI is InChI=1S/C20H17N5O2/c1-12-19-23-18(17-3-2-10-27-17)20(25(19)9-8-21-12)22-14-5-6-15-13(11-14)4-7-16(15)24-26/h2-3,5-6,8-11,22,26H,4,7H2,1H3. The number of nitrogens with one attached hydrogen (secondary N) is 1. The van der Waals surface area contributed by atoms with E-state index < -0.39 is 0 Å². The molecule has 0 atom stereocenters. The van der Waals surface area contributed by atoms with Crippen molar-refractivity contribution in [3.05, 3.63) is 65.8 Å². The van der Waals surface area contributed by atoms with E-state index >= 15 is 0 Å². The van der Waals surface area contributed by atoms with Gasteiger partial charge in [-0.25, -0.2) is 4.98 Å². The molecule has 3 heterocycles. The molecule has 0 radical (unpaired) electrons. The van der Waals surface area contributed by atoms with E-state index in [4.69, 9.17) is 14.6 Å². The first-order valence-electron chi connectivity index (χ1n) is 8.73. The fraction of sp³-hybridized carbons (Fsp3) is 0.150. The normalized spacial score (nSPS) is 14.8. The Bertz CT molecular complexity index is 1170. The van der Waals surface area contributed by atoms with E-state index in [1.165, 1.54) is 5.56 Å². The van der Waals surface area contributed by atoms with Crippen LogP contribution in [0, 0.1) is 6.92 Å². The van der Waals surface area contributed by atoms with Crippen LogP contribution < -0.4 is 5.32 Å². The minimum absolute atomic E-state index is 0.691. The van der Waals surface area contributed by atoms with Crippen LogP contribution in [0.1, 0.15) is 23.2 Å². The number of imidazole rings is 1. The van der Waals surface area contributed by atoms with Crippen LogP contribution in [0.4, 0.5) is 11.5 Å². The van der Waals surface area contributed by atoms with Crippen LogP contribution in [0.3, 0.4) is 0 Å². The first-order chi connectivity index (χ1) is 13.2. The summed E-state index contributed by atoms with van der Waals surface area (Å²) in [5, 5.41) is 16.0. The van der Waals surface area contributed by atoms with Crippen molar-refractivity contribution in [2.45, 2.75) is 19.8 Å². The molecule has 0 spiro atoms. The summed E-state index contributed by atoms with van der Waals surface area (Å²) < 4.78 is 7.57. The summed E-state index contributed by atoms with van der Waals surface area (Å²) in [6, 6.07) is 9.80. The van der Waals surface area contributed by atoms with Crippen molar-refractivity contribution in [1.29, 1.82) is 0 Å². The molecule has 1 aromatic carbocycles. The number of rotatable bonds is 3. The average Bonchev–Trinajstić information content (AvgIpc) is 3.40. The Labute approximate surface area is 155 Å². The number of anilines is 2. The van der Waals surface area contributed by atoms with Crippen molar-refractivity contribution in [1.82, 2.24) is 14.4 Å². The second-order valence-corrected chi connectivity index (χ2v) is 6.54. The molecule has 0 saturated heterocycles. The SMILES string of the molecule is Cc1nccn2c(Nc3ccc4c(c3)CCC4=NO)c(-c3ccco3)nc12. The van der Waals surface area contributed by atoms with Crippen molar-refractivity contribution in [2.24, 2.45) is 5.16 Å². The first kappa shape index (κ1) is 15.6. The number of fused-ring (bicyclic) bond motifs is 2. The van der Waals surface area contributed by atoms with Crippen molar-refractivity contribution in [2.75, 3.05) is 5.32 Å². The van der Waals surface area contributed by atoms with Gasteiger partial charge >= 0.3 is 0 Å². The summed E-state index contributed by atoms with van der Waals surface area (Å²) in [5.41, 5.74) is 6.21. The molecule has 1 aliphatic rings. The molecule has 7 nitrogen and oxygen atoms in total. The van der Waals surface area contributed by atoms with E-state index in [1.54, 1.807) is 12.5 Å². The molecule has 27 heavy (non-hydrogen) atoms. The van der Waals surface area contributed by atoms with Gasteiger partial charge in [0.1, 0.15) is 11.5 Å². The monoisotopic (exact) mass is 359 g/mol. The highest BCUT2D eigenvalue weighted by molar-refractivity contribution is 6.04. The third-order valence-corrected chi connectivity index (χ3v) is 4.90. The Kier molecular flexibility index (Phi) is 3.46. The molecule has 0 saturated carbocycles. The van der Waals surface area contributed by atoms with E-state index in [0.29, 0.717) is 5.76 Å². The fourth-order valence-electron chi connectivity index (χ4n) is 3.60. The Morgan fingerprint density at radius 2 is 2.19 bits per heavy atom. The van der Waals surface area contributed by atoms with Crippen LogP contribution in [0.15, 0.2) is 58.6 Å². The van der Waals surface area contributed by atoms with Gasteiger partial charge in [-0.05, 0) is 49.6 Å². The summed E-state index contributed by atoms with van der Waals surface area (Å²) in [6.07, 6.45) is 6.90.